The van der Waals surface area contributed by atoms with E-state index in [4.69, 9.17) is 0 Å². The van der Waals surface area contributed by atoms with E-state index in [2.05, 4.69) is 41.9 Å². The van der Waals surface area contributed by atoms with Gasteiger partial charge in [0.1, 0.15) is 0 Å². The second-order valence-corrected chi connectivity index (χ2v) is 4.45. The highest BCUT2D eigenvalue weighted by molar-refractivity contribution is 5.77. The maximum atomic E-state index is 3.90. The lowest BCUT2D eigenvalue weighted by molar-refractivity contribution is 1.39. The topological polar surface area (TPSA) is 15.8 Å². The second-order valence-electron chi connectivity index (χ2n) is 4.45. The van der Waals surface area contributed by atoms with Crippen LogP contribution in [0.25, 0.3) is 28.6 Å². The largest absolute Gasteiger partial charge is 0.354 e. The van der Waals surface area contributed by atoms with Gasteiger partial charge in [0.25, 0.3) is 0 Å². The summed E-state index contributed by atoms with van der Waals surface area (Å²) in [6, 6.07) is 22.8. The maximum Gasteiger partial charge on any atom is 0.0532 e. The van der Waals surface area contributed by atoms with Crippen LogP contribution in [0.15, 0.2) is 73.3 Å². The van der Waals surface area contributed by atoms with E-state index >= 15 is 0 Å². The van der Waals surface area contributed by atoms with Crippen molar-refractivity contribution in [3.05, 3.63) is 78.9 Å². The number of hydrogen-bond acceptors (Lipinski definition) is 0. The summed E-state index contributed by atoms with van der Waals surface area (Å²) in [4.78, 5) is 3.49. The molecule has 0 saturated carbocycles. The molecule has 1 aromatic heterocycles. The van der Waals surface area contributed by atoms with Crippen molar-refractivity contribution in [3.63, 3.8) is 0 Å². The van der Waals surface area contributed by atoms with Crippen LogP contribution in [0.2, 0.25) is 0 Å². The smallest absolute Gasteiger partial charge is 0.0532 e. The molecule has 0 saturated heterocycles. The summed E-state index contributed by atoms with van der Waals surface area (Å²) in [5.41, 5.74) is 5.74. The Morgan fingerprint density at radius 1 is 0.789 bits per heavy atom. The Hall–Kier alpha value is -2.54. The van der Waals surface area contributed by atoms with Gasteiger partial charge in [-0.3, -0.25) is 0 Å². The van der Waals surface area contributed by atoms with E-state index in [-0.39, 0.29) is 0 Å². The van der Waals surface area contributed by atoms with E-state index < -0.39 is 0 Å². The molecule has 1 heterocycles. The minimum absolute atomic E-state index is 1.12. The van der Waals surface area contributed by atoms with E-state index in [0.29, 0.717) is 0 Å². The Morgan fingerprint density at radius 2 is 1.37 bits per heavy atom. The quantitative estimate of drug-likeness (QED) is 0.669. The van der Waals surface area contributed by atoms with Crippen LogP contribution < -0.4 is 0 Å². The molecule has 0 aliphatic heterocycles. The highest BCUT2D eigenvalue weighted by Crippen LogP contribution is 2.29. The molecule has 0 fully saturated rings. The highest BCUT2D eigenvalue weighted by atomic mass is 14.7. The second kappa shape index (κ2) is 4.99. The van der Waals surface area contributed by atoms with Gasteiger partial charge >= 0.3 is 0 Å². The Labute approximate surface area is 113 Å². The molecule has 0 spiro atoms. The summed E-state index contributed by atoms with van der Waals surface area (Å²) >= 11 is 0. The standard InChI is InChI=1S/C18H15N/c1-2-14-13-17(15-9-5-3-6-10-15)19-18(14)16-11-7-4-8-12-16/h2-13,19H,1H2. The Bertz CT molecular complexity index is 678. The third-order valence-electron chi connectivity index (χ3n) is 3.22. The first kappa shape index (κ1) is 11.5. The molecule has 0 bridgehead atoms. The van der Waals surface area contributed by atoms with Gasteiger partial charge in [-0.05, 0) is 17.2 Å². The Balaban J connectivity index is 2.12. The van der Waals surface area contributed by atoms with Crippen LogP contribution in [0.1, 0.15) is 5.56 Å². The number of nitrogens with one attached hydrogen (secondary N) is 1. The molecule has 2 aromatic carbocycles. The van der Waals surface area contributed by atoms with E-state index in [1.165, 1.54) is 11.1 Å². The average Bonchev–Trinajstić information content (AvgIpc) is 2.93. The predicted molar refractivity (Wildman–Crippen MR) is 81.8 cm³/mol. The maximum absolute atomic E-state index is 3.90. The molecule has 19 heavy (non-hydrogen) atoms. The van der Waals surface area contributed by atoms with Crippen LogP contribution in [-0.2, 0) is 0 Å². The van der Waals surface area contributed by atoms with Gasteiger partial charge in [0, 0.05) is 11.3 Å². The zero-order valence-electron chi connectivity index (χ0n) is 10.6. The lowest BCUT2D eigenvalue weighted by Crippen LogP contribution is -1.80. The summed E-state index contributed by atoms with van der Waals surface area (Å²) in [5, 5.41) is 0. The van der Waals surface area contributed by atoms with Crippen LogP contribution >= 0.6 is 0 Å². The van der Waals surface area contributed by atoms with E-state index in [1.54, 1.807) is 0 Å². The molecule has 1 nitrogen and oxygen atoms in total. The van der Waals surface area contributed by atoms with Gasteiger partial charge in [-0.25, -0.2) is 0 Å². The number of aromatic amines is 1. The number of benzene rings is 2. The molecule has 0 aliphatic rings. The average molecular weight is 245 g/mol. The van der Waals surface area contributed by atoms with Crippen molar-refractivity contribution in [1.29, 1.82) is 0 Å². The summed E-state index contributed by atoms with van der Waals surface area (Å²) in [7, 11) is 0. The third kappa shape index (κ3) is 2.23. The van der Waals surface area contributed by atoms with Gasteiger partial charge in [0.15, 0.2) is 0 Å². The van der Waals surface area contributed by atoms with Crippen molar-refractivity contribution < 1.29 is 0 Å². The Kier molecular flexibility index (Phi) is 3.03. The monoisotopic (exact) mass is 245 g/mol. The molecular formula is C18H15N. The van der Waals surface area contributed by atoms with E-state index in [1.807, 2.05) is 42.5 Å². The van der Waals surface area contributed by atoms with E-state index in [9.17, 15) is 0 Å². The zero-order valence-corrected chi connectivity index (χ0v) is 10.6. The van der Waals surface area contributed by atoms with Crippen LogP contribution in [-0.4, -0.2) is 4.98 Å². The molecule has 1 heteroatoms. The molecule has 0 radical (unpaired) electrons. The lowest BCUT2D eigenvalue weighted by Gasteiger charge is -2.00. The molecule has 0 aliphatic carbocycles. The molecule has 0 amide bonds. The molecule has 3 rings (SSSR count). The van der Waals surface area contributed by atoms with Crippen molar-refractivity contribution >= 4 is 6.08 Å². The number of aromatic nitrogens is 1. The minimum atomic E-state index is 1.12. The third-order valence-corrected chi connectivity index (χ3v) is 3.22. The minimum Gasteiger partial charge on any atom is -0.354 e. The van der Waals surface area contributed by atoms with Crippen LogP contribution in [0.4, 0.5) is 0 Å². The van der Waals surface area contributed by atoms with Gasteiger partial charge in [-0.15, -0.1) is 0 Å². The van der Waals surface area contributed by atoms with Gasteiger partial charge < -0.3 is 4.98 Å². The van der Waals surface area contributed by atoms with Gasteiger partial charge in [-0.1, -0.05) is 73.3 Å². The van der Waals surface area contributed by atoms with Gasteiger partial charge in [0.05, 0.1) is 5.69 Å². The van der Waals surface area contributed by atoms with Crippen molar-refractivity contribution in [2.24, 2.45) is 0 Å². The summed E-state index contributed by atoms with van der Waals surface area (Å²) in [6.07, 6.45) is 1.89. The zero-order chi connectivity index (χ0) is 13.1. The molecule has 1 N–H and O–H groups in total. The van der Waals surface area contributed by atoms with Crippen molar-refractivity contribution in [3.8, 4) is 22.5 Å². The fourth-order valence-corrected chi connectivity index (χ4v) is 2.25. The molecule has 92 valence electrons. The first-order chi connectivity index (χ1) is 9.38. The number of rotatable bonds is 3. The summed E-state index contributed by atoms with van der Waals surface area (Å²) < 4.78 is 0. The molecule has 0 unspecified atom stereocenters. The number of hydrogen-bond donors (Lipinski definition) is 1. The fourth-order valence-electron chi connectivity index (χ4n) is 2.25. The fraction of sp³-hybridized carbons (Fsp3) is 0. The molecule has 3 aromatic rings. The van der Waals surface area contributed by atoms with Crippen molar-refractivity contribution in [2.75, 3.05) is 0 Å². The van der Waals surface area contributed by atoms with Crippen molar-refractivity contribution in [1.82, 2.24) is 4.98 Å². The van der Waals surface area contributed by atoms with Gasteiger partial charge in [0.2, 0.25) is 0 Å². The number of H-pyrrole nitrogens is 1. The van der Waals surface area contributed by atoms with Crippen LogP contribution in [0.5, 0.6) is 0 Å². The van der Waals surface area contributed by atoms with Crippen LogP contribution in [0, 0.1) is 0 Å². The first-order valence-electron chi connectivity index (χ1n) is 6.35. The molecule has 0 atom stereocenters. The summed E-state index contributed by atoms with van der Waals surface area (Å²) in [5.74, 6) is 0. The normalized spacial score (nSPS) is 10.3. The summed E-state index contributed by atoms with van der Waals surface area (Å²) in [6.45, 7) is 3.90. The highest BCUT2D eigenvalue weighted by Gasteiger charge is 2.08. The predicted octanol–water partition coefficient (Wildman–Crippen LogP) is 4.99. The van der Waals surface area contributed by atoms with Gasteiger partial charge in [-0.2, -0.15) is 0 Å². The van der Waals surface area contributed by atoms with E-state index in [0.717, 1.165) is 17.0 Å². The lowest BCUT2D eigenvalue weighted by atomic mass is 10.1. The molecular weight excluding hydrogens is 230 g/mol. The van der Waals surface area contributed by atoms with Crippen molar-refractivity contribution in [2.45, 2.75) is 0 Å². The van der Waals surface area contributed by atoms with Crippen LogP contribution in [0.3, 0.4) is 0 Å². The Morgan fingerprint density at radius 3 is 1.95 bits per heavy atom. The SMILES string of the molecule is C=Cc1cc(-c2ccccc2)[nH]c1-c1ccccc1. The first-order valence-corrected chi connectivity index (χ1v) is 6.35.